The molecule has 1 amide bonds. The molecule has 0 saturated heterocycles. The predicted molar refractivity (Wildman–Crippen MR) is 98.5 cm³/mol. The van der Waals surface area contributed by atoms with Crippen molar-refractivity contribution in [1.29, 1.82) is 0 Å². The molecule has 130 valence electrons. The zero-order valence-electron chi connectivity index (χ0n) is 14.2. The highest BCUT2D eigenvalue weighted by molar-refractivity contribution is 6.30. The molecule has 25 heavy (non-hydrogen) atoms. The number of hydrogen-bond donors (Lipinski definition) is 2. The summed E-state index contributed by atoms with van der Waals surface area (Å²) in [6.07, 6.45) is 0. The van der Waals surface area contributed by atoms with E-state index in [1.807, 2.05) is 19.1 Å². The minimum Gasteiger partial charge on any atom is -0.440 e. The minimum atomic E-state index is -0.635. The third kappa shape index (κ3) is 4.61. The van der Waals surface area contributed by atoms with Crippen LogP contribution in [0.3, 0.4) is 0 Å². The second-order valence-electron chi connectivity index (χ2n) is 5.58. The van der Waals surface area contributed by atoms with Crippen LogP contribution in [0.1, 0.15) is 18.1 Å². The Morgan fingerprint density at radius 1 is 1.08 bits per heavy atom. The molecule has 2 aromatic carbocycles. The van der Waals surface area contributed by atoms with Gasteiger partial charge in [0, 0.05) is 10.7 Å². The number of ketones is 1. The van der Waals surface area contributed by atoms with Gasteiger partial charge >= 0.3 is 0 Å². The Hall–Kier alpha value is -2.79. The number of hydrogen-bond acceptors (Lipinski definition) is 4. The Morgan fingerprint density at radius 2 is 1.76 bits per heavy atom. The highest BCUT2D eigenvalue weighted by Gasteiger charge is 2.21. The number of para-hydroxylation sites is 1. The molecular weight excluding hydrogens is 340 g/mol. The Bertz CT molecular complexity index is 859. The highest BCUT2D eigenvalue weighted by atomic mass is 35.5. The molecule has 0 aliphatic rings. The minimum absolute atomic E-state index is 0.238. The van der Waals surface area contributed by atoms with Crippen molar-refractivity contribution in [2.75, 3.05) is 5.32 Å². The fraction of sp³-hybridized carbons (Fsp3) is 0.158. The van der Waals surface area contributed by atoms with Gasteiger partial charge in [0.05, 0.1) is 0 Å². The number of carbonyl (C=O) groups is 2. The van der Waals surface area contributed by atoms with E-state index in [9.17, 15) is 9.59 Å². The lowest BCUT2D eigenvalue weighted by molar-refractivity contribution is -0.119. The van der Waals surface area contributed by atoms with Gasteiger partial charge in [-0.1, -0.05) is 29.8 Å². The van der Waals surface area contributed by atoms with E-state index in [0.29, 0.717) is 16.5 Å². The Kier molecular flexibility index (Phi) is 5.83. The number of ether oxygens (including phenoxy) is 1. The molecule has 6 heteroatoms. The number of rotatable bonds is 5. The first-order chi connectivity index (χ1) is 11.8. The van der Waals surface area contributed by atoms with Crippen molar-refractivity contribution in [2.45, 2.75) is 20.8 Å². The molecule has 0 radical (unpaired) electrons. The van der Waals surface area contributed by atoms with Crippen LogP contribution in [0.5, 0.6) is 5.75 Å². The van der Waals surface area contributed by atoms with Crippen molar-refractivity contribution in [3.63, 3.8) is 0 Å². The SMILES string of the molecule is CC(=O)/C(C(=O)Nc1ccc(Cl)cc1C)=C(/N)Oc1ccccc1C. The number of amides is 1. The van der Waals surface area contributed by atoms with E-state index >= 15 is 0 Å². The maximum atomic E-state index is 12.5. The van der Waals surface area contributed by atoms with Gasteiger partial charge in [-0.05, 0) is 56.2 Å². The zero-order valence-corrected chi connectivity index (χ0v) is 15.0. The van der Waals surface area contributed by atoms with Crippen molar-refractivity contribution in [2.24, 2.45) is 5.73 Å². The van der Waals surface area contributed by atoms with Crippen LogP contribution in [0, 0.1) is 13.8 Å². The van der Waals surface area contributed by atoms with Gasteiger partial charge in [0.25, 0.3) is 5.91 Å². The maximum absolute atomic E-state index is 12.5. The summed E-state index contributed by atoms with van der Waals surface area (Å²) in [5.41, 5.74) is 7.79. The van der Waals surface area contributed by atoms with Crippen LogP contribution in [0.25, 0.3) is 0 Å². The average molecular weight is 359 g/mol. The van der Waals surface area contributed by atoms with Crippen LogP contribution in [0.2, 0.25) is 5.02 Å². The number of nitrogens with one attached hydrogen (secondary N) is 1. The Balaban J connectivity index is 2.31. The summed E-state index contributed by atoms with van der Waals surface area (Å²) < 4.78 is 5.53. The highest BCUT2D eigenvalue weighted by Crippen LogP contribution is 2.22. The summed E-state index contributed by atoms with van der Waals surface area (Å²) >= 11 is 5.91. The number of aryl methyl sites for hydroxylation is 2. The molecule has 0 aliphatic heterocycles. The molecule has 2 rings (SSSR count). The lowest BCUT2D eigenvalue weighted by Crippen LogP contribution is -2.26. The van der Waals surface area contributed by atoms with E-state index in [0.717, 1.165) is 11.1 Å². The first kappa shape index (κ1) is 18.5. The summed E-state index contributed by atoms with van der Waals surface area (Å²) in [7, 11) is 0. The van der Waals surface area contributed by atoms with Crippen molar-refractivity contribution in [3.05, 3.63) is 70.1 Å². The normalized spacial score (nSPS) is 11.5. The third-order valence-corrected chi connectivity index (χ3v) is 3.81. The van der Waals surface area contributed by atoms with Gasteiger partial charge in [-0.3, -0.25) is 9.59 Å². The zero-order chi connectivity index (χ0) is 18.6. The Labute approximate surface area is 151 Å². The van der Waals surface area contributed by atoms with Crippen molar-refractivity contribution in [1.82, 2.24) is 0 Å². The van der Waals surface area contributed by atoms with Gasteiger partial charge in [-0.2, -0.15) is 0 Å². The standard InChI is InChI=1S/C19H19ClN2O3/c1-11-6-4-5-7-16(11)25-18(21)17(13(3)23)19(24)22-15-9-8-14(20)10-12(15)2/h4-10H,21H2,1-3H3,(H,22,24)/b18-17+. The lowest BCUT2D eigenvalue weighted by atomic mass is 10.1. The summed E-state index contributed by atoms with van der Waals surface area (Å²) in [5, 5.41) is 3.22. The number of anilines is 1. The van der Waals surface area contributed by atoms with Crippen LogP contribution in [0.15, 0.2) is 53.9 Å². The van der Waals surface area contributed by atoms with E-state index in [2.05, 4.69) is 5.32 Å². The summed E-state index contributed by atoms with van der Waals surface area (Å²) in [4.78, 5) is 24.5. The number of benzene rings is 2. The van der Waals surface area contributed by atoms with E-state index in [-0.39, 0.29) is 11.5 Å². The number of Topliss-reactive ketones (excluding diaryl/α,β-unsaturated/α-hetero) is 1. The molecule has 0 saturated carbocycles. The first-order valence-electron chi connectivity index (χ1n) is 7.61. The van der Waals surface area contributed by atoms with Gasteiger partial charge < -0.3 is 15.8 Å². The smallest absolute Gasteiger partial charge is 0.264 e. The largest absolute Gasteiger partial charge is 0.440 e. The first-order valence-corrected chi connectivity index (χ1v) is 7.99. The predicted octanol–water partition coefficient (Wildman–Crippen LogP) is 3.73. The van der Waals surface area contributed by atoms with Crippen LogP contribution in [0.4, 0.5) is 5.69 Å². The van der Waals surface area contributed by atoms with Crippen molar-refractivity contribution in [3.8, 4) is 5.75 Å². The second-order valence-corrected chi connectivity index (χ2v) is 6.01. The molecule has 0 aliphatic carbocycles. The summed E-state index contributed by atoms with van der Waals surface area (Å²) in [6, 6.07) is 12.2. The summed E-state index contributed by atoms with van der Waals surface area (Å²) in [6.45, 7) is 4.90. The summed E-state index contributed by atoms with van der Waals surface area (Å²) in [5.74, 6) is -0.889. The number of carbonyl (C=O) groups excluding carboxylic acids is 2. The number of halogens is 1. The van der Waals surface area contributed by atoms with Gasteiger partial charge in [-0.25, -0.2) is 0 Å². The lowest BCUT2D eigenvalue weighted by Gasteiger charge is -2.13. The molecule has 2 aromatic rings. The molecule has 0 bridgehead atoms. The monoisotopic (exact) mass is 358 g/mol. The van der Waals surface area contributed by atoms with E-state index in [4.69, 9.17) is 22.1 Å². The Morgan fingerprint density at radius 3 is 2.36 bits per heavy atom. The molecule has 0 heterocycles. The molecule has 3 N–H and O–H groups in total. The van der Waals surface area contributed by atoms with Gasteiger partial charge in [0.15, 0.2) is 5.78 Å². The topological polar surface area (TPSA) is 81.4 Å². The van der Waals surface area contributed by atoms with E-state index < -0.39 is 11.7 Å². The fourth-order valence-corrected chi connectivity index (χ4v) is 2.46. The molecule has 0 atom stereocenters. The third-order valence-electron chi connectivity index (χ3n) is 3.58. The van der Waals surface area contributed by atoms with Gasteiger partial charge in [-0.15, -0.1) is 0 Å². The quantitative estimate of drug-likeness (QED) is 0.369. The molecule has 0 aromatic heterocycles. The van der Waals surface area contributed by atoms with E-state index in [1.165, 1.54) is 6.92 Å². The van der Waals surface area contributed by atoms with Crippen LogP contribution in [-0.2, 0) is 9.59 Å². The number of nitrogens with two attached hydrogens (primary N) is 1. The van der Waals surface area contributed by atoms with Gasteiger partial charge in [0.1, 0.15) is 11.3 Å². The molecule has 0 fully saturated rings. The van der Waals surface area contributed by atoms with Crippen LogP contribution < -0.4 is 15.8 Å². The average Bonchev–Trinajstić information content (AvgIpc) is 2.52. The molecular formula is C19H19ClN2O3. The van der Waals surface area contributed by atoms with Crippen LogP contribution in [-0.4, -0.2) is 11.7 Å². The van der Waals surface area contributed by atoms with Crippen LogP contribution >= 0.6 is 11.6 Å². The molecule has 0 unspecified atom stereocenters. The fourth-order valence-electron chi connectivity index (χ4n) is 2.24. The molecule has 5 nitrogen and oxygen atoms in total. The van der Waals surface area contributed by atoms with Crippen molar-refractivity contribution >= 4 is 29.0 Å². The molecule has 0 spiro atoms. The maximum Gasteiger partial charge on any atom is 0.264 e. The van der Waals surface area contributed by atoms with Gasteiger partial charge in [0.2, 0.25) is 5.88 Å². The van der Waals surface area contributed by atoms with E-state index in [1.54, 1.807) is 37.3 Å². The second kappa shape index (κ2) is 7.85. The van der Waals surface area contributed by atoms with Crippen molar-refractivity contribution < 1.29 is 14.3 Å².